The lowest BCUT2D eigenvalue weighted by Crippen LogP contribution is -2.32. The van der Waals surface area contributed by atoms with Gasteiger partial charge in [0, 0.05) is 6.42 Å². The van der Waals surface area contributed by atoms with Gasteiger partial charge in [-0.05, 0) is 0 Å². The molecule has 0 aromatic carbocycles. The fraction of sp³-hybridized carbons (Fsp3) is 0.700. The highest BCUT2D eigenvalue weighted by molar-refractivity contribution is 7.85. The molecule has 2 N–H and O–H groups in total. The first-order valence-electron chi connectivity index (χ1n) is 5.70. The molecule has 0 saturated heterocycles. The minimum Gasteiger partial charge on any atom is -0.394 e. The van der Waals surface area contributed by atoms with Crippen LogP contribution in [0.4, 0.5) is 0 Å². The lowest BCUT2D eigenvalue weighted by molar-refractivity contribution is -0.696. The van der Waals surface area contributed by atoms with Gasteiger partial charge >= 0.3 is 0 Å². The summed E-state index contributed by atoms with van der Waals surface area (Å²) in [6, 6.07) is 0. The van der Waals surface area contributed by atoms with E-state index in [1.54, 1.807) is 0 Å². The molecule has 1 aromatic heterocycles. The SMILES string of the molecule is O=S(=O)(O)CCC[n+]1ccn(CCOCCO)c1. The number of hydrogen-bond donors (Lipinski definition) is 2. The smallest absolute Gasteiger partial charge is 0.265 e. The fourth-order valence-corrected chi connectivity index (χ4v) is 1.96. The van der Waals surface area contributed by atoms with Crippen molar-refractivity contribution in [1.82, 2.24) is 4.57 Å². The molecule has 0 fully saturated rings. The van der Waals surface area contributed by atoms with E-state index in [1.807, 2.05) is 27.9 Å². The monoisotopic (exact) mass is 279 g/mol. The highest BCUT2D eigenvalue weighted by atomic mass is 32.2. The second-order valence-electron chi connectivity index (χ2n) is 3.86. The van der Waals surface area contributed by atoms with Crippen LogP contribution in [0.5, 0.6) is 0 Å². The molecule has 0 saturated carbocycles. The summed E-state index contributed by atoms with van der Waals surface area (Å²) in [7, 11) is -3.87. The zero-order valence-electron chi connectivity index (χ0n) is 10.1. The summed E-state index contributed by atoms with van der Waals surface area (Å²) in [6.45, 7) is 2.06. The van der Waals surface area contributed by atoms with Crippen molar-refractivity contribution in [2.24, 2.45) is 0 Å². The van der Waals surface area contributed by atoms with Gasteiger partial charge in [0.05, 0.1) is 32.1 Å². The normalized spacial score (nSPS) is 11.9. The molecule has 104 valence electrons. The van der Waals surface area contributed by atoms with Crippen molar-refractivity contribution in [3.63, 3.8) is 0 Å². The Hall–Kier alpha value is -0.960. The van der Waals surface area contributed by atoms with Gasteiger partial charge in [0.1, 0.15) is 18.9 Å². The van der Waals surface area contributed by atoms with Gasteiger partial charge in [0.25, 0.3) is 10.1 Å². The van der Waals surface area contributed by atoms with Gasteiger partial charge in [-0.2, -0.15) is 8.42 Å². The van der Waals surface area contributed by atoms with Gasteiger partial charge in [-0.15, -0.1) is 0 Å². The molecule has 8 heteroatoms. The predicted octanol–water partition coefficient (Wildman–Crippen LogP) is -0.938. The van der Waals surface area contributed by atoms with Crippen molar-refractivity contribution < 1.29 is 27.4 Å². The molecule has 18 heavy (non-hydrogen) atoms. The number of hydrogen-bond acceptors (Lipinski definition) is 4. The number of nitrogens with zero attached hydrogens (tertiary/aromatic N) is 2. The summed E-state index contributed by atoms with van der Waals surface area (Å²) in [4.78, 5) is 0. The third-order valence-electron chi connectivity index (χ3n) is 2.29. The van der Waals surface area contributed by atoms with Crippen LogP contribution in [0, 0.1) is 0 Å². The number of imidazole rings is 1. The Morgan fingerprint density at radius 1 is 1.33 bits per heavy atom. The van der Waals surface area contributed by atoms with Crippen LogP contribution in [0.15, 0.2) is 18.7 Å². The van der Waals surface area contributed by atoms with E-state index in [9.17, 15) is 8.42 Å². The Morgan fingerprint density at radius 2 is 2.11 bits per heavy atom. The lowest BCUT2D eigenvalue weighted by Gasteiger charge is -1.99. The molecule has 0 bridgehead atoms. The fourth-order valence-electron chi connectivity index (χ4n) is 1.47. The Morgan fingerprint density at radius 3 is 2.78 bits per heavy atom. The van der Waals surface area contributed by atoms with Crippen LogP contribution in [0.2, 0.25) is 0 Å². The first-order chi connectivity index (χ1) is 8.51. The third-order valence-corrected chi connectivity index (χ3v) is 3.10. The van der Waals surface area contributed by atoms with E-state index in [0.29, 0.717) is 32.7 Å². The average molecular weight is 279 g/mol. The molecule has 1 rings (SSSR count). The molecule has 0 radical (unpaired) electrons. The van der Waals surface area contributed by atoms with Gasteiger partial charge in [-0.3, -0.25) is 4.55 Å². The molecule has 0 aliphatic carbocycles. The van der Waals surface area contributed by atoms with Crippen molar-refractivity contribution in [3.05, 3.63) is 18.7 Å². The Bertz CT molecular complexity index is 443. The van der Waals surface area contributed by atoms with Crippen molar-refractivity contribution in [1.29, 1.82) is 0 Å². The van der Waals surface area contributed by atoms with Crippen LogP contribution in [0.1, 0.15) is 6.42 Å². The highest BCUT2D eigenvalue weighted by Crippen LogP contribution is 1.90. The molecule has 0 amide bonds. The zero-order valence-corrected chi connectivity index (χ0v) is 10.9. The second-order valence-corrected chi connectivity index (χ2v) is 5.44. The molecule has 0 spiro atoms. The summed E-state index contributed by atoms with van der Waals surface area (Å²) in [5.41, 5.74) is 0. The van der Waals surface area contributed by atoms with Gasteiger partial charge < -0.3 is 9.84 Å². The summed E-state index contributed by atoms with van der Waals surface area (Å²) >= 11 is 0. The molecular weight excluding hydrogens is 260 g/mol. The van der Waals surface area contributed by atoms with E-state index in [2.05, 4.69) is 0 Å². The van der Waals surface area contributed by atoms with E-state index in [4.69, 9.17) is 14.4 Å². The average Bonchev–Trinajstić information content (AvgIpc) is 2.71. The quantitative estimate of drug-likeness (QED) is 0.346. The molecular formula is C10H19N2O5S+. The largest absolute Gasteiger partial charge is 0.394 e. The van der Waals surface area contributed by atoms with Crippen molar-refractivity contribution in [2.45, 2.75) is 19.5 Å². The molecule has 0 aliphatic rings. The van der Waals surface area contributed by atoms with E-state index in [-0.39, 0.29) is 12.4 Å². The molecule has 1 aromatic rings. The summed E-state index contributed by atoms with van der Waals surface area (Å²) < 4.78 is 38.5. The predicted molar refractivity (Wildman–Crippen MR) is 63.6 cm³/mol. The van der Waals surface area contributed by atoms with E-state index in [0.717, 1.165) is 0 Å². The number of rotatable bonds is 9. The van der Waals surface area contributed by atoms with Crippen LogP contribution in [0.25, 0.3) is 0 Å². The standard InChI is InChI=1S/C10H18N2O5S/c13-6-8-17-7-5-12-4-3-11(10-12)2-1-9-18(14,15)16/h3-4,10,13H,1-2,5-9H2/p+1. The van der Waals surface area contributed by atoms with Crippen LogP contribution in [-0.2, 0) is 27.9 Å². The van der Waals surface area contributed by atoms with E-state index >= 15 is 0 Å². The zero-order chi connectivity index (χ0) is 13.4. The molecule has 0 aliphatic heterocycles. The number of aryl methyl sites for hydroxylation is 1. The van der Waals surface area contributed by atoms with Crippen molar-refractivity contribution in [3.8, 4) is 0 Å². The maximum absolute atomic E-state index is 10.5. The van der Waals surface area contributed by atoms with Gasteiger partial charge in [-0.25, -0.2) is 9.13 Å². The first kappa shape index (κ1) is 15.1. The maximum Gasteiger partial charge on any atom is 0.265 e. The maximum atomic E-state index is 10.5. The van der Waals surface area contributed by atoms with Crippen molar-refractivity contribution >= 4 is 10.1 Å². The molecule has 0 atom stereocenters. The second kappa shape index (κ2) is 7.47. The molecule has 0 unspecified atom stereocenters. The summed E-state index contributed by atoms with van der Waals surface area (Å²) in [5, 5.41) is 8.52. The molecule has 7 nitrogen and oxygen atoms in total. The van der Waals surface area contributed by atoms with E-state index in [1.165, 1.54) is 0 Å². The summed E-state index contributed by atoms with van der Waals surface area (Å²) in [6.07, 6.45) is 5.90. The van der Waals surface area contributed by atoms with Gasteiger partial charge in [-0.1, -0.05) is 0 Å². The summed E-state index contributed by atoms with van der Waals surface area (Å²) in [5.74, 6) is -0.231. The minimum atomic E-state index is -3.87. The van der Waals surface area contributed by atoms with Crippen LogP contribution >= 0.6 is 0 Å². The number of aliphatic hydroxyl groups is 1. The Kier molecular flexibility index (Phi) is 6.27. The van der Waals surface area contributed by atoms with Gasteiger partial charge in [0.2, 0.25) is 6.33 Å². The first-order valence-corrected chi connectivity index (χ1v) is 7.31. The lowest BCUT2D eigenvalue weighted by atomic mass is 10.5. The Balaban J connectivity index is 2.26. The minimum absolute atomic E-state index is 0.0152. The van der Waals surface area contributed by atoms with E-state index < -0.39 is 10.1 Å². The Labute approximate surface area is 106 Å². The topological polar surface area (TPSA) is 92.6 Å². The third kappa shape index (κ3) is 6.70. The van der Waals surface area contributed by atoms with Crippen LogP contribution in [-0.4, -0.2) is 48.2 Å². The number of aromatic nitrogens is 2. The van der Waals surface area contributed by atoms with Crippen LogP contribution < -0.4 is 4.57 Å². The van der Waals surface area contributed by atoms with Crippen LogP contribution in [0.3, 0.4) is 0 Å². The highest BCUT2D eigenvalue weighted by Gasteiger charge is 2.07. The number of aliphatic hydroxyl groups excluding tert-OH is 1. The van der Waals surface area contributed by atoms with Gasteiger partial charge in [0.15, 0.2) is 0 Å². The van der Waals surface area contributed by atoms with Crippen molar-refractivity contribution in [2.75, 3.05) is 25.6 Å². The molecule has 1 heterocycles. The number of ether oxygens (including phenoxy) is 1.